The molecule has 0 aliphatic heterocycles. The maximum absolute atomic E-state index is 12.7. The first-order chi connectivity index (χ1) is 28.1. The van der Waals surface area contributed by atoms with E-state index < -0.39 is 18.1 Å². The summed E-state index contributed by atoms with van der Waals surface area (Å²) in [6.45, 7) is 4.32. The lowest BCUT2D eigenvalue weighted by Gasteiger charge is -2.34. The third kappa shape index (κ3) is 37.6. The minimum atomic E-state index is -1.14. The van der Waals surface area contributed by atoms with Crippen molar-refractivity contribution in [2.45, 2.75) is 148 Å². The predicted molar refractivity (Wildman–Crippen MR) is 240 cm³/mol. The molecule has 0 rings (SSSR count). The van der Waals surface area contributed by atoms with Gasteiger partial charge in [-0.2, -0.15) is 0 Å². The van der Waals surface area contributed by atoms with Gasteiger partial charge in [-0.25, -0.2) is 0 Å². The first kappa shape index (κ1) is 54.0. The number of hydrogen-bond acceptors (Lipinski definition) is 7. The summed E-state index contributed by atoms with van der Waals surface area (Å²) in [5.41, 5.74) is 0. The Morgan fingerprint density at radius 1 is 0.517 bits per heavy atom. The van der Waals surface area contributed by atoms with Gasteiger partial charge in [0.2, 0.25) is 0 Å². The summed E-state index contributed by atoms with van der Waals surface area (Å²) < 4.78 is 17.1. The van der Waals surface area contributed by atoms with Crippen LogP contribution in [-0.4, -0.2) is 75.5 Å². The van der Waals surface area contributed by atoms with Crippen LogP contribution in [0.25, 0.3) is 0 Å². The quantitative estimate of drug-likeness (QED) is 0.0267. The molecule has 8 heteroatoms. The number of carbonyl (C=O) groups excluding carboxylic acids is 3. The molecule has 0 N–H and O–H groups in total. The Hall–Kier alpha value is -4.01. The fourth-order valence-corrected chi connectivity index (χ4v) is 5.56. The van der Waals surface area contributed by atoms with Gasteiger partial charge < -0.3 is 28.6 Å². The topological polar surface area (TPSA) is 102 Å². The summed E-state index contributed by atoms with van der Waals surface area (Å²) >= 11 is 0. The number of ether oxygens (including phenoxy) is 3. The minimum Gasteiger partial charge on any atom is -0.544 e. The molecular weight excluding hydrogens is 727 g/mol. The van der Waals surface area contributed by atoms with Gasteiger partial charge in [-0.1, -0.05) is 130 Å². The number of carbonyl (C=O) groups is 3. The highest BCUT2D eigenvalue weighted by Gasteiger charge is 2.25. The second kappa shape index (κ2) is 39.8. The van der Waals surface area contributed by atoms with Crippen molar-refractivity contribution < 1.29 is 38.2 Å². The van der Waals surface area contributed by atoms with Crippen molar-refractivity contribution in [1.29, 1.82) is 0 Å². The van der Waals surface area contributed by atoms with Crippen molar-refractivity contribution in [3.8, 4) is 0 Å². The normalized spacial score (nSPS) is 14.0. The highest BCUT2D eigenvalue weighted by molar-refractivity contribution is 5.70. The Morgan fingerprint density at radius 2 is 0.914 bits per heavy atom. The molecule has 58 heavy (non-hydrogen) atoms. The van der Waals surface area contributed by atoms with Crippen LogP contribution in [0, 0.1) is 0 Å². The number of quaternary nitrogens is 1. The largest absolute Gasteiger partial charge is 0.544 e. The standard InChI is InChI=1S/C50H79NO7/c1-6-8-10-12-14-16-18-20-21-22-23-24-25-26-27-28-29-31-32-34-36-38-40-48(52)57-45-46(44-56-43-42-47(50(54)55)51(3,4)5)58-49(53)41-39-37-35-33-30-19-17-15-13-11-9-7-2/h8-11,14-17,20-21,23-24,26-27,29-31,33,46-47H,6-7,12-13,18-19,22,25,28,32,34-45H2,1-5H3/b10-8+,11-9+,16-14+,17-15+,21-20+,24-23+,27-26+,31-29+,33-30+. The van der Waals surface area contributed by atoms with Gasteiger partial charge >= 0.3 is 11.9 Å². The van der Waals surface area contributed by atoms with Gasteiger partial charge in [0.05, 0.1) is 40.3 Å². The number of hydrogen-bond donors (Lipinski definition) is 0. The smallest absolute Gasteiger partial charge is 0.306 e. The Kier molecular flexibility index (Phi) is 37.0. The molecule has 0 spiro atoms. The second-order valence-electron chi connectivity index (χ2n) is 15.2. The zero-order valence-electron chi connectivity index (χ0n) is 36.9. The van der Waals surface area contributed by atoms with Crippen molar-refractivity contribution in [3.05, 3.63) is 109 Å². The Labute approximate surface area is 353 Å². The fourth-order valence-electron chi connectivity index (χ4n) is 5.56. The van der Waals surface area contributed by atoms with Crippen molar-refractivity contribution in [3.63, 3.8) is 0 Å². The van der Waals surface area contributed by atoms with Crippen LogP contribution in [0.4, 0.5) is 0 Å². The summed E-state index contributed by atoms with van der Waals surface area (Å²) in [6, 6.07) is -0.744. The lowest BCUT2D eigenvalue weighted by Crippen LogP contribution is -2.55. The molecule has 0 heterocycles. The molecule has 0 aromatic carbocycles. The van der Waals surface area contributed by atoms with Crippen LogP contribution >= 0.6 is 0 Å². The molecule has 326 valence electrons. The van der Waals surface area contributed by atoms with Gasteiger partial charge in [0.15, 0.2) is 6.10 Å². The van der Waals surface area contributed by atoms with Gasteiger partial charge in [-0.15, -0.1) is 0 Å². The summed E-state index contributed by atoms with van der Waals surface area (Å²) in [5.74, 6) is -1.85. The first-order valence-electron chi connectivity index (χ1n) is 21.9. The van der Waals surface area contributed by atoms with E-state index in [1.54, 1.807) is 21.1 Å². The molecule has 0 aliphatic carbocycles. The molecule has 2 unspecified atom stereocenters. The number of nitrogens with zero attached hydrogens (tertiary/aromatic N) is 1. The van der Waals surface area contributed by atoms with Gasteiger partial charge in [0.1, 0.15) is 12.6 Å². The number of carboxylic acids is 1. The van der Waals surface area contributed by atoms with Gasteiger partial charge in [0.25, 0.3) is 0 Å². The summed E-state index contributed by atoms with van der Waals surface area (Å²) in [7, 11) is 5.36. The minimum absolute atomic E-state index is 0.00633. The van der Waals surface area contributed by atoms with Crippen molar-refractivity contribution in [2.24, 2.45) is 0 Å². The zero-order valence-corrected chi connectivity index (χ0v) is 36.9. The number of unbranched alkanes of at least 4 members (excludes halogenated alkanes) is 5. The molecule has 0 bridgehead atoms. The number of carboxylic acid groups (broad SMARTS) is 1. The van der Waals surface area contributed by atoms with E-state index in [2.05, 4.69) is 123 Å². The van der Waals surface area contributed by atoms with Crippen molar-refractivity contribution >= 4 is 17.9 Å². The van der Waals surface area contributed by atoms with E-state index in [4.69, 9.17) is 14.2 Å². The fraction of sp³-hybridized carbons (Fsp3) is 0.580. The van der Waals surface area contributed by atoms with Crippen LogP contribution in [0.15, 0.2) is 109 Å². The molecule has 8 nitrogen and oxygen atoms in total. The van der Waals surface area contributed by atoms with Crippen molar-refractivity contribution in [1.82, 2.24) is 0 Å². The summed E-state index contributed by atoms with van der Waals surface area (Å²) in [5, 5.41) is 11.6. The Bertz CT molecular complexity index is 1310. The lowest BCUT2D eigenvalue weighted by molar-refractivity contribution is -0.889. The summed E-state index contributed by atoms with van der Waals surface area (Å²) in [4.78, 5) is 36.8. The van der Waals surface area contributed by atoms with Crippen LogP contribution in [0.5, 0.6) is 0 Å². The van der Waals surface area contributed by atoms with Crippen LogP contribution in [0.3, 0.4) is 0 Å². The van der Waals surface area contributed by atoms with E-state index in [-0.39, 0.29) is 49.1 Å². The van der Waals surface area contributed by atoms with Gasteiger partial charge in [-0.05, 0) is 96.3 Å². The van der Waals surface area contributed by atoms with Crippen LogP contribution in [0.2, 0.25) is 0 Å². The number of aliphatic carboxylic acids is 1. The first-order valence-corrected chi connectivity index (χ1v) is 21.9. The number of esters is 2. The predicted octanol–water partition coefficient (Wildman–Crippen LogP) is 10.7. The molecule has 0 saturated carbocycles. The molecule has 0 saturated heterocycles. The Balaban J connectivity index is 4.44. The third-order valence-electron chi connectivity index (χ3n) is 8.90. The highest BCUT2D eigenvalue weighted by atomic mass is 16.6. The molecule has 2 atom stereocenters. The molecule has 0 fully saturated rings. The molecule has 0 aromatic heterocycles. The molecule has 0 aliphatic rings. The molecular formula is C50H79NO7. The summed E-state index contributed by atoms with van der Waals surface area (Å²) in [6.07, 6.45) is 54.1. The van der Waals surface area contributed by atoms with E-state index in [1.807, 2.05) is 0 Å². The van der Waals surface area contributed by atoms with Crippen LogP contribution in [0.1, 0.15) is 136 Å². The average molecular weight is 806 g/mol. The second-order valence-corrected chi connectivity index (χ2v) is 15.2. The van der Waals surface area contributed by atoms with E-state index in [9.17, 15) is 19.5 Å². The third-order valence-corrected chi connectivity index (χ3v) is 8.90. The number of likely N-dealkylation sites (N-methyl/N-ethyl adjacent to an activating group) is 1. The van der Waals surface area contributed by atoms with E-state index in [0.29, 0.717) is 12.8 Å². The molecule has 0 amide bonds. The monoisotopic (exact) mass is 806 g/mol. The molecule has 0 aromatic rings. The zero-order chi connectivity index (χ0) is 42.8. The van der Waals surface area contributed by atoms with Crippen molar-refractivity contribution in [2.75, 3.05) is 41.0 Å². The van der Waals surface area contributed by atoms with E-state index in [1.165, 1.54) is 0 Å². The SMILES string of the molecule is CC/C=C/C/C=C/C/C=C/C/C=C/C/C=C/C/C=C/CCCCCC(=O)OCC(COCCC(C(=O)[O-])[N+](C)(C)C)OC(=O)CCCC/C=C/C/C=C/C/C=C/CC. The van der Waals surface area contributed by atoms with Gasteiger partial charge in [-0.3, -0.25) is 9.59 Å². The van der Waals surface area contributed by atoms with E-state index in [0.717, 1.165) is 96.3 Å². The van der Waals surface area contributed by atoms with Crippen LogP contribution in [-0.2, 0) is 28.6 Å². The number of rotatable bonds is 37. The number of allylic oxidation sites excluding steroid dienone is 18. The lowest BCUT2D eigenvalue weighted by atomic mass is 10.1. The highest BCUT2D eigenvalue weighted by Crippen LogP contribution is 2.11. The average Bonchev–Trinajstić information content (AvgIpc) is 3.18. The molecule has 0 radical (unpaired) electrons. The van der Waals surface area contributed by atoms with Gasteiger partial charge in [0, 0.05) is 19.3 Å². The Morgan fingerprint density at radius 3 is 1.34 bits per heavy atom. The maximum atomic E-state index is 12.7. The maximum Gasteiger partial charge on any atom is 0.306 e. The van der Waals surface area contributed by atoms with E-state index >= 15 is 0 Å². The van der Waals surface area contributed by atoms with Crippen LogP contribution < -0.4 is 5.11 Å².